The molecule has 0 saturated carbocycles. The molecule has 0 unspecified atom stereocenters. The highest BCUT2D eigenvalue weighted by Gasteiger charge is 2.41. The van der Waals surface area contributed by atoms with Gasteiger partial charge in [0.2, 0.25) is 5.91 Å². The number of hydrogen-bond acceptors (Lipinski definition) is 8. The van der Waals surface area contributed by atoms with Crippen LogP contribution in [0.25, 0.3) is 44.5 Å². The van der Waals surface area contributed by atoms with Crippen LogP contribution < -0.4 is 10.2 Å². The zero-order valence-electron chi connectivity index (χ0n) is 27.9. The van der Waals surface area contributed by atoms with Crippen LogP contribution in [-0.4, -0.2) is 85.5 Å². The van der Waals surface area contributed by atoms with E-state index in [1.54, 1.807) is 43.1 Å². The molecule has 0 aliphatic carbocycles. The maximum atomic E-state index is 14.9. The van der Waals surface area contributed by atoms with E-state index in [0.29, 0.717) is 70.3 Å². The first-order chi connectivity index (χ1) is 24.1. The molecule has 6 aromatic rings. The van der Waals surface area contributed by atoms with Gasteiger partial charge in [0.1, 0.15) is 35.1 Å². The predicted octanol–water partition coefficient (Wildman–Crippen LogP) is 5.32. The quantitative estimate of drug-likeness (QED) is 0.268. The number of methoxy groups -OCH3 is 1. The van der Waals surface area contributed by atoms with Gasteiger partial charge < -0.3 is 24.4 Å². The van der Waals surface area contributed by atoms with Gasteiger partial charge >= 0.3 is 0 Å². The Hall–Kier alpha value is -5.50. The number of aryl methyl sites for hydroxylation is 2. The van der Waals surface area contributed by atoms with Crippen molar-refractivity contribution < 1.29 is 22.7 Å². The normalized spacial score (nSPS) is 19.6. The molecule has 256 valence electrons. The molecular formula is C36H34F3N9O2. The average molecular weight is 682 g/mol. The van der Waals surface area contributed by atoms with Gasteiger partial charge in [-0.05, 0) is 49.7 Å². The van der Waals surface area contributed by atoms with Gasteiger partial charge in [0.15, 0.2) is 5.82 Å². The number of halogens is 3. The minimum Gasteiger partial charge on any atom is -0.378 e. The van der Waals surface area contributed by atoms with E-state index in [2.05, 4.69) is 15.3 Å². The third-order valence-corrected chi connectivity index (χ3v) is 9.73. The van der Waals surface area contributed by atoms with Crippen molar-refractivity contribution in [1.29, 1.82) is 0 Å². The Kier molecular flexibility index (Phi) is 7.70. The van der Waals surface area contributed by atoms with Crippen LogP contribution in [0.1, 0.15) is 12.2 Å². The van der Waals surface area contributed by atoms with Crippen LogP contribution in [0.3, 0.4) is 0 Å². The van der Waals surface area contributed by atoms with Crippen molar-refractivity contribution in [2.75, 3.05) is 37.5 Å². The first-order valence-electron chi connectivity index (χ1n) is 16.3. The van der Waals surface area contributed by atoms with Gasteiger partial charge in [-0.3, -0.25) is 14.5 Å². The molecule has 14 heteroatoms. The molecule has 2 aliphatic rings. The molecule has 2 aromatic carbocycles. The SMILES string of the molecule is CO[C@H]1CN(C)C(=O)[C@@H]2C[C@@H](CN2c2nn(C)c3cc(-c4ccc(F)cc4F)ncc23)Nc2cccc(n2)-c2cc(F)cc3nc(C)n(c23)C1. The highest BCUT2D eigenvalue weighted by molar-refractivity contribution is 5.96. The smallest absolute Gasteiger partial charge is 0.245 e. The van der Waals surface area contributed by atoms with Gasteiger partial charge in [-0.15, -0.1) is 0 Å². The van der Waals surface area contributed by atoms with E-state index in [0.717, 1.165) is 11.6 Å². The highest BCUT2D eigenvalue weighted by Crippen LogP contribution is 2.36. The number of anilines is 2. The van der Waals surface area contributed by atoms with Gasteiger partial charge in [0.05, 0.1) is 46.0 Å². The summed E-state index contributed by atoms with van der Waals surface area (Å²) >= 11 is 0. The van der Waals surface area contributed by atoms with Crippen molar-refractivity contribution in [2.24, 2.45) is 7.05 Å². The largest absolute Gasteiger partial charge is 0.378 e. The Morgan fingerprint density at radius 3 is 2.56 bits per heavy atom. The Labute approximate surface area is 285 Å². The summed E-state index contributed by atoms with van der Waals surface area (Å²) in [6.07, 6.45) is 1.66. The van der Waals surface area contributed by atoms with E-state index in [1.807, 2.05) is 34.6 Å². The summed E-state index contributed by atoms with van der Waals surface area (Å²) < 4.78 is 52.8. The molecule has 8 rings (SSSR count). The number of carbonyl (C=O) groups is 1. The van der Waals surface area contributed by atoms with E-state index < -0.39 is 29.6 Å². The minimum atomic E-state index is -0.714. The van der Waals surface area contributed by atoms with Crippen LogP contribution in [0.15, 0.2) is 60.8 Å². The van der Waals surface area contributed by atoms with E-state index >= 15 is 0 Å². The number of nitrogens with one attached hydrogen (secondary N) is 1. The summed E-state index contributed by atoms with van der Waals surface area (Å²) in [5.74, 6) is -0.0787. The zero-order valence-corrected chi connectivity index (χ0v) is 27.9. The first-order valence-corrected chi connectivity index (χ1v) is 16.3. The monoisotopic (exact) mass is 681 g/mol. The minimum absolute atomic E-state index is 0.111. The first kappa shape index (κ1) is 31.7. The molecule has 4 aromatic heterocycles. The number of pyridine rings is 2. The molecule has 50 heavy (non-hydrogen) atoms. The number of likely N-dealkylation sites (N-methyl/N-ethyl adjacent to an activating group) is 1. The Morgan fingerprint density at radius 1 is 0.920 bits per heavy atom. The number of imidazole rings is 1. The Balaban J connectivity index is 1.21. The molecule has 3 atom stereocenters. The van der Waals surface area contributed by atoms with Crippen molar-refractivity contribution in [3.8, 4) is 22.5 Å². The maximum Gasteiger partial charge on any atom is 0.245 e. The van der Waals surface area contributed by atoms with E-state index in [-0.39, 0.29) is 24.1 Å². The molecule has 1 fully saturated rings. The summed E-state index contributed by atoms with van der Waals surface area (Å²) in [5.41, 5.74) is 3.63. The molecule has 4 bridgehead atoms. The van der Waals surface area contributed by atoms with Gasteiger partial charge in [0, 0.05) is 69.8 Å². The van der Waals surface area contributed by atoms with E-state index in [4.69, 9.17) is 14.8 Å². The van der Waals surface area contributed by atoms with Crippen LogP contribution in [-0.2, 0) is 23.1 Å². The Bertz CT molecular complexity index is 2300. The number of amides is 1. The number of carbonyl (C=O) groups excluding carboxylic acids is 1. The van der Waals surface area contributed by atoms with Crippen molar-refractivity contribution in [1.82, 2.24) is 34.2 Å². The predicted molar refractivity (Wildman–Crippen MR) is 183 cm³/mol. The van der Waals surface area contributed by atoms with Crippen LogP contribution >= 0.6 is 0 Å². The molecule has 1 saturated heterocycles. The van der Waals surface area contributed by atoms with Crippen molar-refractivity contribution in [3.05, 3.63) is 84.1 Å². The lowest BCUT2D eigenvalue weighted by Gasteiger charge is -2.30. The highest BCUT2D eigenvalue weighted by atomic mass is 19.1. The number of aromatic nitrogens is 6. The summed E-state index contributed by atoms with van der Waals surface area (Å²) in [6.45, 7) is 2.94. The fourth-order valence-corrected chi connectivity index (χ4v) is 7.30. The molecule has 1 amide bonds. The molecule has 11 nitrogen and oxygen atoms in total. The van der Waals surface area contributed by atoms with Crippen LogP contribution in [0.5, 0.6) is 0 Å². The fourth-order valence-electron chi connectivity index (χ4n) is 7.30. The topological polar surface area (TPSA) is 106 Å². The molecule has 2 aliphatic heterocycles. The van der Waals surface area contributed by atoms with Crippen LogP contribution in [0, 0.1) is 24.4 Å². The molecule has 6 heterocycles. The third-order valence-electron chi connectivity index (χ3n) is 9.73. The van der Waals surface area contributed by atoms with Gasteiger partial charge in [-0.1, -0.05) is 6.07 Å². The summed E-state index contributed by atoms with van der Waals surface area (Å²) in [4.78, 5) is 32.1. The number of nitrogens with zero attached hydrogens (tertiary/aromatic N) is 8. The second-order valence-corrected chi connectivity index (χ2v) is 13.0. The molecular weight excluding hydrogens is 647 g/mol. The molecule has 0 spiro atoms. The zero-order chi connectivity index (χ0) is 34.8. The fraction of sp³-hybridized carbons (Fsp3) is 0.306. The maximum absolute atomic E-state index is 14.9. The lowest BCUT2D eigenvalue weighted by atomic mass is 10.1. The number of hydrogen-bond donors (Lipinski definition) is 1. The molecule has 1 N–H and O–H groups in total. The molecule has 0 radical (unpaired) electrons. The van der Waals surface area contributed by atoms with Crippen molar-refractivity contribution in [2.45, 2.75) is 38.1 Å². The summed E-state index contributed by atoms with van der Waals surface area (Å²) in [5, 5.41) is 9.03. The van der Waals surface area contributed by atoms with Crippen molar-refractivity contribution in [3.63, 3.8) is 0 Å². The summed E-state index contributed by atoms with van der Waals surface area (Å²) in [6, 6.07) is 12.8. The standard InChI is InChI=1S/C36H34F3N9O2/c1-19-41-30-12-21(38)10-25-28-6-5-7-33(43-28)42-22-13-32(36(49)45(2)17-23(50-4)18-47(19)34(25)30)48(16-22)35-26-15-40-29(14-31(26)46(3)44-35)24-9-8-20(37)11-27(24)39/h5-12,14-15,22-23,32H,13,16-18H2,1-4H3,(H,42,43)/t22-,23-,32-/m0/s1. The second kappa shape index (κ2) is 12.1. The number of rotatable bonds is 3. The summed E-state index contributed by atoms with van der Waals surface area (Å²) in [7, 11) is 5.15. The number of ether oxygens (including phenoxy) is 1. The van der Waals surface area contributed by atoms with Gasteiger partial charge in [-0.2, -0.15) is 5.10 Å². The second-order valence-electron chi connectivity index (χ2n) is 13.0. The Morgan fingerprint density at radius 2 is 1.76 bits per heavy atom. The lowest BCUT2D eigenvalue weighted by Crippen LogP contribution is -2.47. The number of fused-ring (bicyclic) bond motifs is 6. The average Bonchev–Trinajstić information content (AvgIpc) is 3.75. The van der Waals surface area contributed by atoms with E-state index in [9.17, 15) is 18.0 Å². The van der Waals surface area contributed by atoms with E-state index in [1.165, 1.54) is 24.3 Å². The van der Waals surface area contributed by atoms with Crippen LogP contribution in [0.2, 0.25) is 0 Å². The lowest BCUT2D eigenvalue weighted by molar-refractivity contribution is -0.132. The van der Waals surface area contributed by atoms with Gasteiger partial charge in [-0.25, -0.2) is 23.1 Å². The van der Waals surface area contributed by atoms with Gasteiger partial charge in [0.25, 0.3) is 0 Å². The van der Waals surface area contributed by atoms with Crippen molar-refractivity contribution >= 4 is 39.5 Å². The third kappa shape index (κ3) is 5.39. The number of benzene rings is 2. The van der Waals surface area contributed by atoms with Crippen LogP contribution in [0.4, 0.5) is 24.8 Å².